The van der Waals surface area contributed by atoms with Crippen molar-refractivity contribution in [1.29, 1.82) is 0 Å². The Morgan fingerprint density at radius 3 is 2.74 bits per heavy atom. The average Bonchev–Trinajstić information content (AvgIpc) is 3.04. The smallest absolute Gasteiger partial charge is 0.290 e. The van der Waals surface area contributed by atoms with Crippen molar-refractivity contribution in [1.82, 2.24) is 4.90 Å². The Hall–Kier alpha value is -2.27. The van der Waals surface area contributed by atoms with Crippen molar-refractivity contribution < 1.29 is 14.0 Å². The number of benzene rings is 1. The first-order valence-electron chi connectivity index (χ1n) is 7.41. The summed E-state index contributed by atoms with van der Waals surface area (Å²) in [5.74, 6) is -0.120. The lowest BCUT2D eigenvalue weighted by atomic mass is 10.1. The molecule has 2 heterocycles. The van der Waals surface area contributed by atoms with Crippen LogP contribution in [-0.4, -0.2) is 35.8 Å². The Labute approximate surface area is 139 Å². The zero-order valence-electron chi connectivity index (χ0n) is 13.0. The highest BCUT2D eigenvalue weighted by molar-refractivity contribution is 6.30. The maximum absolute atomic E-state index is 12.7. The van der Waals surface area contributed by atoms with Crippen molar-refractivity contribution in [3.05, 3.63) is 52.9 Å². The van der Waals surface area contributed by atoms with Crippen LogP contribution in [0.25, 0.3) is 0 Å². The highest BCUT2D eigenvalue weighted by atomic mass is 35.5. The lowest BCUT2D eigenvalue weighted by Gasteiger charge is -2.39. The maximum Gasteiger partial charge on any atom is 0.290 e. The van der Waals surface area contributed by atoms with E-state index in [1.54, 1.807) is 34.9 Å². The number of aryl methyl sites for hydroxylation is 1. The first-order valence-corrected chi connectivity index (χ1v) is 7.79. The molecule has 0 N–H and O–H groups in total. The molecule has 5 nitrogen and oxygen atoms in total. The second kappa shape index (κ2) is 6.08. The third-order valence-electron chi connectivity index (χ3n) is 4.10. The molecule has 1 aromatic carbocycles. The third-order valence-corrected chi connectivity index (χ3v) is 4.33. The summed E-state index contributed by atoms with van der Waals surface area (Å²) in [6.45, 7) is 4.55. The van der Waals surface area contributed by atoms with Crippen LogP contribution in [0.3, 0.4) is 0 Å². The number of halogens is 1. The molecule has 1 atom stereocenters. The first kappa shape index (κ1) is 15.6. The Morgan fingerprint density at radius 1 is 1.30 bits per heavy atom. The Bertz CT molecular complexity index is 742. The molecule has 0 spiro atoms. The van der Waals surface area contributed by atoms with Crippen molar-refractivity contribution in [2.24, 2.45) is 0 Å². The van der Waals surface area contributed by atoms with Gasteiger partial charge < -0.3 is 14.2 Å². The Morgan fingerprint density at radius 2 is 2.09 bits per heavy atom. The van der Waals surface area contributed by atoms with E-state index in [4.69, 9.17) is 16.0 Å². The number of anilines is 1. The van der Waals surface area contributed by atoms with Gasteiger partial charge in [-0.1, -0.05) is 11.6 Å². The van der Waals surface area contributed by atoms with Crippen LogP contribution < -0.4 is 4.90 Å². The summed E-state index contributed by atoms with van der Waals surface area (Å²) in [5.41, 5.74) is 1.76. The number of carbonyl (C=O) groups is 2. The van der Waals surface area contributed by atoms with Crippen molar-refractivity contribution >= 4 is 29.1 Å². The molecule has 1 aliphatic heterocycles. The molecular formula is C17H17ClN2O3. The van der Waals surface area contributed by atoms with Crippen LogP contribution in [0.2, 0.25) is 5.02 Å². The van der Waals surface area contributed by atoms with E-state index in [0.29, 0.717) is 18.1 Å². The number of hydrogen-bond donors (Lipinski definition) is 0. The Kier molecular flexibility index (Phi) is 4.13. The van der Waals surface area contributed by atoms with Crippen LogP contribution in [0.5, 0.6) is 0 Å². The number of rotatable bonds is 2. The molecule has 0 aliphatic carbocycles. The largest absolute Gasteiger partial charge is 0.459 e. The molecule has 2 amide bonds. The van der Waals surface area contributed by atoms with Gasteiger partial charge in [-0.3, -0.25) is 9.59 Å². The molecule has 23 heavy (non-hydrogen) atoms. The monoisotopic (exact) mass is 332 g/mol. The summed E-state index contributed by atoms with van der Waals surface area (Å²) in [5, 5.41) is 0.637. The van der Waals surface area contributed by atoms with E-state index in [1.165, 1.54) is 6.26 Å². The van der Waals surface area contributed by atoms with Crippen molar-refractivity contribution in [3.8, 4) is 0 Å². The Balaban J connectivity index is 1.82. The van der Waals surface area contributed by atoms with Gasteiger partial charge in [-0.25, -0.2) is 0 Å². The van der Waals surface area contributed by atoms with Crippen molar-refractivity contribution in [3.63, 3.8) is 0 Å². The van der Waals surface area contributed by atoms with Crippen LogP contribution in [0.4, 0.5) is 5.69 Å². The molecule has 0 bridgehead atoms. The summed E-state index contributed by atoms with van der Waals surface area (Å²) in [6.07, 6.45) is 1.45. The van der Waals surface area contributed by atoms with Crippen LogP contribution in [0.1, 0.15) is 23.0 Å². The number of carbonyl (C=O) groups excluding carboxylic acids is 2. The number of amides is 2. The average molecular weight is 333 g/mol. The van der Waals surface area contributed by atoms with E-state index in [1.807, 2.05) is 19.1 Å². The second-order valence-corrected chi connectivity index (χ2v) is 6.01. The molecule has 3 rings (SSSR count). The minimum Gasteiger partial charge on any atom is -0.459 e. The van der Waals surface area contributed by atoms with Crippen LogP contribution >= 0.6 is 11.6 Å². The standard InChI is InChI=1S/C17H17ClN2O3/c1-11-10-13(18)5-6-14(11)20-8-7-19(12(2)16(20)21)17(22)15-4-3-9-23-15/h3-6,9-10,12H,7-8H2,1-2H3. The quantitative estimate of drug-likeness (QED) is 0.849. The lowest BCUT2D eigenvalue weighted by Crippen LogP contribution is -2.57. The number of hydrogen-bond acceptors (Lipinski definition) is 3. The zero-order valence-corrected chi connectivity index (χ0v) is 13.7. The molecular weight excluding hydrogens is 316 g/mol. The summed E-state index contributed by atoms with van der Waals surface area (Å²) in [4.78, 5) is 28.4. The molecule has 120 valence electrons. The SMILES string of the molecule is Cc1cc(Cl)ccc1N1CCN(C(=O)c2ccco2)C(C)C1=O. The molecule has 0 radical (unpaired) electrons. The van der Waals surface area contributed by atoms with E-state index < -0.39 is 6.04 Å². The van der Waals surface area contributed by atoms with E-state index in [9.17, 15) is 9.59 Å². The molecule has 1 fully saturated rings. The number of furan rings is 1. The van der Waals surface area contributed by atoms with Crippen molar-refractivity contribution in [2.45, 2.75) is 19.9 Å². The second-order valence-electron chi connectivity index (χ2n) is 5.57. The summed E-state index contributed by atoms with van der Waals surface area (Å²) >= 11 is 5.98. The van der Waals surface area contributed by atoms with Gasteiger partial charge >= 0.3 is 0 Å². The molecule has 1 unspecified atom stereocenters. The van der Waals surface area contributed by atoms with Crippen LogP contribution in [0.15, 0.2) is 41.0 Å². The number of piperazine rings is 1. The number of nitrogens with zero attached hydrogens (tertiary/aromatic N) is 2. The summed E-state index contributed by atoms with van der Waals surface area (Å²) in [7, 11) is 0. The van der Waals surface area contributed by atoms with Gasteiger partial charge in [0, 0.05) is 23.8 Å². The molecule has 1 aromatic heterocycles. The zero-order chi connectivity index (χ0) is 16.6. The van der Waals surface area contributed by atoms with Gasteiger partial charge in [0.15, 0.2) is 5.76 Å². The fourth-order valence-corrected chi connectivity index (χ4v) is 3.08. The highest BCUT2D eigenvalue weighted by Crippen LogP contribution is 2.27. The van der Waals surface area contributed by atoms with Gasteiger partial charge in [0.1, 0.15) is 6.04 Å². The van der Waals surface area contributed by atoms with Crippen LogP contribution in [-0.2, 0) is 4.79 Å². The fourth-order valence-electron chi connectivity index (χ4n) is 2.85. The van der Waals surface area contributed by atoms with Gasteiger partial charge in [-0.15, -0.1) is 0 Å². The van der Waals surface area contributed by atoms with Gasteiger partial charge in [0.2, 0.25) is 5.91 Å². The maximum atomic E-state index is 12.7. The lowest BCUT2D eigenvalue weighted by molar-refractivity contribution is -0.124. The van der Waals surface area contributed by atoms with Crippen LogP contribution in [0, 0.1) is 6.92 Å². The van der Waals surface area contributed by atoms with Gasteiger partial charge in [-0.05, 0) is 49.7 Å². The third kappa shape index (κ3) is 2.84. The normalized spacial score (nSPS) is 18.4. The fraction of sp³-hybridized carbons (Fsp3) is 0.294. The van der Waals surface area contributed by atoms with E-state index in [0.717, 1.165) is 11.3 Å². The molecule has 1 saturated heterocycles. The predicted octanol–water partition coefficient (Wildman–Crippen LogP) is 3.12. The molecule has 6 heteroatoms. The topological polar surface area (TPSA) is 53.8 Å². The molecule has 1 aliphatic rings. The van der Waals surface area contributed by atoms with E-state index in [2.05, 4.69) is 0 Å². The minimum absolute atomic E-state index is 0.110. The van der Waals surface area contributed by atoms with Gasteiger partial charge in [0.25, 0.3) is 5.91 Å². The highest BCUT2D eigenvalue weighted by Gasteiger charge is 2.36. The first-order chi connectivity index (χ1) is 11.0. The molecule has 2 aromatic rings. The minimum atomic E-state index is -0.545. The van der Waals surface area contributed by atoms with Crippen molar-refractivity contribution in [2.75, 3.05) is 18.0 Å². The summed E-state index contributed by atoms with van der Waals surface area (Å²) < 4.78 is 5.15. The molecule has 0 saturated carbocycles. The predicted molar refractivity (Wildman–Crippen MR) is 87.7 cm³/mol. The summed E-state index contributed by atoms with van der Waals surface area (Å²) in [6, 6.07) is 8.16. The van der Waals surface area contributed by atoms with E-state index >= 15 is 0 Å². The van der Waals surface area contributed by atoms with Gasteiger partial charge in [0.05, 0.1) is 6.26 Å². The van der Waals surface area contributed by atoms with Gasteiger partial charge in [-0.2, -0.15) is 0 Å². The van der Waals surface area contributed by atoms with E-state index in [-0.39, 0.29) is 17.6 Å².